The van der Waals surface area contributed by atoms with Crippen LogP contribution in [0.4, 0.5) is 0 Å². The lowest BCUT2D eigenvalue weighted by molar-refractivity contribution is 0.119. The van der Waals surface area contributed by atoms with Crippen molar-refractivity contribution in [2.24, 2.45) is 12.0 Å². The summed E-state index contributed by atoms with van der Waals surface area (Å²) in [5, 5.41) is 4.17. The van der Waals surface area contributed by atoms with Crippen molar-refractivity contribution in [3.05, 3.63) is 23.0 Å². The van der Waals surface area contributed by atoms with Crippen molar-refractivity contribution >= 4 is 17.6 Å². The van der Waals surface area contributed by atoms with Gasteiger partial charge in [-0.2, -0.15) is 0 Å². The number of rotatable bonds is 5. The molecule has 0 aromatic carbocycles. The minimum absolute atomic E-state index is 0.468. The average molecular weight is 355 g/mol. The number of likely N-dealkylation sites (N-methyl/N-ethyl adjacent to an activating group) is 2. The van der Waals surface area contributed by atoms with E-state index >= 15 is 0 Å². The summed E-state index contributed by atoms with van der Waals surface area (Å²) in [4.78, 5) is 11.8. The second-order valence-corrected chi connectivity index (χ2v) is 7.14. The Bertz CT molecular complexity index is 555. The number of nitrogens with one attached hydrogen (secondary N) is 1. The molecule has 136 valence electrons. The van der Waals surface area contributed by atoms with Crippen LogP contribution in [0.5, 0.6) is 0 Å². The van der Waals surface area contributed by atoms with Crippen LogP contribution in [-0.2, 0) is 13.6 Å². The van der Waals surface area contributed by atoms with Gasteiger partial charge in [-0.1, -0.05) is 11.6 Å². The first kappa shape index (κ1) is 19.1. The summed E-state index contributed by atoms with van der Waals surface area (Å²) in [6, 6.07) is 2.47. The van der Waals surface area contributed by atoms with Crippen LogP contribution in [0.15, 0.2) is 17.3 Å². The molecule has 7 heteroatoms. The minimum atomic E-state index is 0.468. The highest BCUT2D eigenvalue weighted by atomic mass is 35.5. The van der Waals surface area contributed by atoms with Gasteiger partial charge in [0.15, 0.2) is 5.96 Å². The summed E-state index contributed by atoms with van der Waals surface area (Å²) in [6.45, 7) is 7.84. The van der Waals surface area contributed by atoms with Crippen molar-refractivity contribution in [3.63, 3.8) is 0 Å². The predicted molar refractivity (Wildman–Crippen MR) is 102 cm³/mol. The van der Waals surface area contributed by atoms with E-state index in [0.29, 0.717) is 6.04 Å². The molecule has 1 atom stereocenters. The maximum absolute atomic E-state index is 6.09. The molecule has 1 aliphatic rings. The molecule has 24 heavy (non-hydrogen) atoms. The first-order valence-corrected chi connectivity index (χ1v) is 8.97. The second-order valence-electron chi connectivity index (χ2n) is 6.71. The first-order valence-electron chi connectivity index (χ1n) is 8.59. The van der Waals surface area contributed by atoms with Gasteiger partial charge in [0.1, 0.15) is 0 Å². The van der Waals surface area contributed by atoms with Gasteiger partial charge in [0, 0.05) is 58.2 Å². The topological polar surface area (TPSA) is 39.0 Å². The highest BCUT2D eigenvalue weighted by molar-refractivity contribution is 6.30. The summed E-state index contributed by atoms with van der Waals surface area (Å²) in [6.07, 6.45) is 1.93. The van der Waals surface area contributed by atoms with E-state index in [1.165, 1.54) is 5.69 Å². The number of hydrogen-bond donors (Lipinski definition) is 1. The molecular weight excluding hydrogens is 324 g/mol. The highest BCUT2D eigenvalue weighted by Crippen LogP contribution is 2.14. The van der Waals surface area contributed by atoms with E-state index in [2.05, 4.69) is 52.7 Å². The monoisotopic (exact) mass is 354 g/mol. The van der Waals surface area contributed by atoms with Crippen LogP contribution in [0.3, 0.4) is 0 Å². The number of aromatic nitrogens is 1. The molecule has 0 radical (unpaired) electrons. The summed E-state index contributed by atoms with van der Waals surface area (Å²) in [5.41, 5.74) is 1.17. The van der Waals surface area contributed by atoms with Gasteiger partial charge >= 0.3 is 0 Å². The fourth-order valence-electron chi connectivity index (χ4n) is 3.00. The first-order chi connectivity index (χ1) is 11.4. The lowest BCUT2D eigenvalue weighted by atomic mass is 10.2. The predicted octanol–water partition coefficient (Wildman–Crippen LogP) is 1.32. The highest BCUT2D eigenvalue weighted by Gasteiger charge is 2.22. The van der Waals surface area contributed by atoms with Crippen LogP contribution in [0.25, 0.3) is 0 Å². The van der Waals surface area contributed by atoms with Gasteiger partial charge in [0.25, 0.3) is 0 Å². The lowest BCUT2D eigenvalue weighted by Gasteiger charge is -2.37. The van der Waals surface area contributed by atoms with E-state index in [-0.39, 0.29) is 0 Å². The van der Waals surface area contributed by atoms with Gasteiger partial charge in [-0.15, -0.1) is 0 Å². The number of aliphatic imine (C=N–C) groups is 1. The maximum atomic E-state index is 6.09. The van der Waals surface area contributed by atoms with E-state index in [0.717, 1.165) is 50.3 Å². The molecule has 6 nitrogen and oxygen atoms in total. The van der Waals surface area contributed by atoms with E-state index in [9.17, 15) is 0 Å². The Hall–Kier alpha value is -1.24. The van der Waals surface area contributed by atoms with Crippen LogP contribution < -0.4 is 5.32 Å². The third-order valence-corrected chi connectivity index (χ3v) is 4.81. The van der Waals surface area contributed by atoms with Gasteiger partial charge in [-0.25, -0.2) is 0 Å². The van der Waals surface area contributed by atoms with Crippen LogP contribution in [0.1, 0.15) is 12.6 Å². The van der Waals surface area contributed by atoms with Gasteiger partial charge in [0.2, 0.25) is 0 Å². The van der Waals surface area contributed by atoms with E-state index in [1.807, 2.05) is 19.3 Å². The SMILES string of the molecule is CCNC(=NCC1CN(C)CCN1C)N(C)Cc1cc(Cl)cn1C. The molecule has 1 N–H and O–H groups in total. The number of hydrogen-bond acceptors (Lipinski definition) is 3. The van der Waals surface area contributed by atoms with Crippen LogP contribution in [0.2, 0.25) is 5.02 Å². The number of piperazine rings is 1. The Kier molecular flexibility index (Phi) is 6.95. The number of aryl methyl sites for hydroxylation is 1. The third kappa shape index (κ3) is 5.13. The van der Waals surface area contributed by atoms with Gasteiger partial charge in [0.05, 0.1) is 18.1 Å². The van der Waals surface area contributed by atoms with Crippen molar-refractivity contribution in [2.75, 3.05) is 53.9 Å². The summed E-state index contributed by atoms with van der Waals surface area (Å²) < 4.78 is 2.06. The molecule has 0 spiro atoms. The molecule has 1 saturated heterocycles. The Labute approximate surface area is 151 Å². The quantitative estimate of drug-likeness (QED) is 0.639. The largest absolute Gasteiger partial charge is 0.357 e. The fourth-order valence-corrected chi connectivity index (χ4v) is 3.27. The Morgan fingerprint density at radius 3 is 2.75 bits per heavy atom. The maximum Gasteiger partial charge on any atom is 0.194 e. The van der Waals surface area contributed by atoms with E-state index in [1.54, 1.807) is 0 Å². The van der Waals surface area contributed by atoms with Crippen LogP contribution in [0, 0.1) is 0 Å². The summed E-state index contributed by atoms with van der Waals surface area (Å²) in [7, 11) is 8.46. The fraction of sp³-hybridized carbons (Fsp3) is 0.706. The Morgan fingerprint density at radius 2 is 2.12 bits per heavy atom. The minimum Gasteiger partial charge on any atom is -0.357 e. The number of nitrogens with zero attached hydrogens (tertiary/aromatic N) is 5. The Morgan fingerprint density at radius 1 is 1.38 bits per heavy atom. The molecule has 0 amide bonds. The van der Waals surface area contributed by atoms with Crippen LogP contribution in [-0.4, -0.2) is 85.1 Å². The molecular formula is C17H31ClN6. The summed E-state index contributed by atoms with van der Waals surface area (Å²) >= 11 is 6.09. The van der Waals surface area contributed by atoms with Crippen molar-refractivity contribution < 1.29 is 0 Å². The molecule has 0 bridgehead atoms. The summed E-state index contributed by atoms with van der Waals surface area (Å²) in [5.74, 6) is 0.941. The van der Waals surface area contributed by atoms with E-state index in [4.69, 9.17) is 16.6 Å². The number of guanidine groups is 1. The molecule has 1 fully saturated rings. The molecule has 1 aromatic rings. The van der Waals surface area contributed by atoms with Crippen molar-refractivity contribution in [2.45, 2.75) is 19.5 Å². The zero-order valence-electron chi connectivity index (χ0n) is 15.6. The lowest BCUT2D eigenvalue weighted by Crippen LogP contribution is -2.51. The zero-order chi connectivity index (χ0) is 17.7. The molecule has 2 heterocycles. The average Bonchev–Trinajstić information content (AvgIpc) is 2.84. The molecule has 0 aliphatic carbocycles. The smallest absolute Gasteiger partial charge is 0.194 e. The van der Waals surface area contributed by atoms with E-state index < -0.39 is 0 Å². The standard InChI is InChI=1S/C17H31ClN6/c1-6-19-17(20-10-16-12-21(2)7-8-22(16)3)24(5)13-15-9-14(18)11-23(15)4/h9,11,16H,6-8,10,12-13H2,1-5H3,(H,19,20). The molecule has 1 aromatic heterocycles. The number of halogens is 1. The van der Waals surface area contributed by atoms with Crippen molar-refractivity contribution in [3.8, 4) is 0 Å². The molecule has 0 saturated carbocycles. The Balaban J connectivity index is 2.02. The molecule has 1 aliphatic heterocycles. The van der Waals surface area contributed by atoms with Gasteiger partial charge < -0.3 is 19.7 Å². The normalized spacial score (nSPS) is 20.4. The van der Waals surface area contributed by atoms with Gasteiger partial charge in [-0.3, -0.25) is 9.89 Å². The van der Waals surface area contributed by atoms with Crippen molar-refractivity contribution in [1.29, 1.82) is 0 Å². The molecule has 2 rings (SSSR count). The van der Waals surface area contributed by atoms with Gasteiger partial charge in [-0.05, 0) is 27.1 Å². The van der Waals surface area contributed by atoms with Crippen LogP contribution >= 0.6 is 11.6 Å². The zero-order valence-corrected chi connectivity index (χ0v) is 16.3. The third-order valence-electron chi connectivity index (χ3n) is 4.60. The second kappa shape index (κ2) is 8.74. The van der Waals surface area contributed by atoms with Crippen molar-refractivity contribution in [1.82, 2.24) is 24.6 Å². The molecule has 1 unspecified atom stereocenters.